The van der Waals surface area contributed by atoms with E-state index in [2.05, 4.69) is 5.32 Å². The first-order chi connectivity index (χ1) is 14.9. The Bertz CT molecular complexity index is 1040. The van der Waals surface area contributed by atoms with E-state index in [4.69, 9.17) is 14.7 Å². The van der Waals surface area contributed by atoms with E-state index in [-0.39, 0.29) is 36.5 Å². The normalized spacial score (nSPS) is 10.7. The topological polar surface area (TPSA) is 132 Å². The van der Waals surface area contributed by atoms with E-state index in [1.54, 1.807) is 50.2 Å². The van der Waals surface area contributed by atoms with Gasteiger partial charge in [-0.1, -0.05) is 12.1 Å². The number of carbonyl (C=O) groups excluding carboxylic acids is 2. The molecular weight excluding hydrogens is 402 g/mol. The van der Waals surface area contributed by atoms with Crippen LogP contribution in [0.1, 0.15) is 25.8 Å². The van der Waals surface area contributed by atoms with Gasteiger partial charge in [-0.3, -0.25) is 15.4 Å². The van der Waals surface area contributed by atoms with Crippen LogP contribution in [0.25, 0.3) is 17.2 Å². The second-order valence-electron chi connectivity index (χ2n) is 6.18. The van der Waals surface area contributed by atoms with E-state index < -0.39 is 17.0 Å². The molecule has 2 aromatic rings. The molecule has 0 aromatic heterocycles. The van der Waals surface area contributed by atoms with Crippen LogP contribution in [0.3, 0.4) is 0 Å². The Kier molecular flexibility index (Phi) is 8.28. The Balaban J connectivity index is 2.42. The minimum Gasteiger partial charge on any atom is -0.463 e. The molecule has 9 nitrogen and oxygen atoms in total. The van der Waals surface area contributed by atoms with Crippen LogP contribution in [0.2, 0.25) is 0 Å². The van der Waals surface area contributed by atoms with Crippen molar-refractivity contribution in [3.05, 3.63) is 63.7 Å². The number of nitro benzene ring substituents is 1. The fraction of sp³-hybridized carbons (Fsp3) is 0.227. The predicted octanol–water partition coefficient (Wildman–Crippen LogP) is 4.69. The van der Waals surface area contributed by atoms with Crippen molar-refractivity contribution in [3.8, 4) is 17.2 Å². The molecule has 0 spiro atoms. The van der Waals surface area contributed by atoms with Gasteiger partial charge < -0.3 is 9.47 Å². The van der Waals surface area contributed by atoms with E-state index in [9.17, 15) is 19.7 Å². The zero-order chi connectivity index (χ0) is 22.8. The van der Waals surface area contributed by atoms with E-state index in [1.807, 2.05) is 6.07 Å². The third-order valence-electron chi connectivity index (χ3n) is 4.10. The molecule has 0 unspecified atom stereocenters. The monoisotopic (exact) mass is 423 g/mol. The zero-order valence-electron chi connectivity index (χ0n) is 17.1. The zero-order valence-corrected chi connectivity index (χ0v) is 17.1. The summed E-state index contributed by atoms with van der Waals surface area (Å²) in [7, 11) is 0. The quantitative estimate of drug-likeness (QED) is 0.282. The summed E-state index contributed by atoms with van der Waals surface area (Å²) in [5, 5.41) is 23.0. The number of nitrogens with zero attached hydrogens (tertiary/aromatic N) is 2. The van der Waals surface area contributed by atoms with Gasteiger partial charge in [0.05, 0.1) is 41.8 Å². The number of esters is 1. The standard InChI is InChI=1S/C22H21N3O6/c1-3-30-21(26)17(11-12-23)14-18-13-16(7-10-20(18)25(28)29)15-5-8-19(9-6-15)24-22(27)31-4-2/h5-10,13-14H,3-4,11H2,1-2H3,(H,24,27). The van der Waals surface area contributed by atoms with Crippen molar-refractivity contribution >= 4 is 29.5 Å². The van der Waals surface area contributed by atoms with Crippen molar-refractivity contribution in [2.45, 2.75) is 20.3 Å². The maximum absolute atomic E-state index is 12.1. The Morgan fingerprint density at radius 2 is 1.74 bits per heavy atom. The number of benzene rings is 2. The number of ether oxygens (including phenoxy) is 2. The molecule has 2 rings (SSSR count). The number of nitriles is 1. The molecule has 1 N–H and O–H groups in total. The highest BCUT2D eigenvalue weighted by Crippen LogP contribution is 2.29. The Morgan fingerprint density at radius 3 is 2.32 bits per heavy atom. The molecule has 1 amide bonds. The molecule has 0 aliphatic carbocycles. The second-order valence-corrected chi connectivity index (χ2v) is 6.18. The van der Waals surface area contributed by atoms with Crippen LogP contribution in [0, 0.1) is 21.4 Å². The molecule has 0 radical (unpaired) electrons. The van der Waals surface area contributed by atoms with Gasteiger partial charge in [-0.15, -0.1) is 0 Å². The lowest BCUT2D eigenvalue weighted by molar-refractivity contribution is -0.385. The highest BCUT2D eigenvalue weighted by atomic mass is 16.6. The number of carbonyl (C=O) groups is 2. The summed E-state index contributed by atoms with van der Waals surface area (Å²) in [6.07, 6.45) is 0.496. The van der Waals surface area contributed by atoms with E-state index in [0.717, 1.165) is 5.56 Å². The largest absolute Gasteiger partial charge is 0.463 e. The minimum absolute atomic E-state index is 0.0265. The molecule has 0 bridgehead atoms. The number of nitro groups is 1. The maximum atomic E-state index is 12.1. The smallest absolute Gasteiger partial charge is 0.411 e. The van der Waals surface area contributed by atoms with E-state index >= 15 is 0 Å². The fourth-order valence-corrected chi connectivity index (χ4v) is 2.73. The molecule has 0 heterocycles. The first-order valence-electron chi connectivity index (χ1n) is 9.46. The molecule has 0 saturated carbocycles. The molecular formula is C22H21N3O6. The molecule has 9 heteroatoms. The summed E-state index contributed by atoms with van der Waals surface area (Å²) in [5.74, 6) is -0.696. The van der Waals surface area contributed by atoms with Crippen LogP contribution in [0.4, 0.5) is 16.2 Å². The Morgan fingerprint density at radius 1 is 1.10 bits per heavy atom. The summed E-state index contributed by atoms with van der Waals surface area (Å²) >= 11 is 0. The average Bonchev–Trinajstić information content (AvgIpc) is 2.74. The van der Waals surface area contributed by atoms with Crippen LogP contribution in [-0.2, 0) is 14.3 Å². The van der Waals surface area contributed by atoms with Crippen LogP contribution >= 0.6 is 0 Å². The van der Waals surface area contributed by atoms with Crippen molar-refractivity contribution in [1.82, 2.24) is 0 Å². The SMILES string of the molecule is CCOC(=O)Nc1ccc(-c2ccc([N+](=O)[O-])c(C=C(CC#N)C(=O)OCC)c2)cc1. The van der Waals surface area contributed by atoms with Crippen LogP contribution in [0.5, 0.6) is 0 Å². The summed E-state index contributed by atoms with van der Waals surface area (Å²) in [4.78, 5) is 34.5. The average molecular weight is 423 g/mol. The van der Waals surface area contributed by atoms with Gasteiger partial charge >= 0.3 is 12.1 Å². The Labute approximate surface area is 179 Å². The van der Waals surface area contributed by atoms with Gasteiger partial charge in [0.2, 0.25) is 0 Å². The second kappa shape index (κ2) is 11.1. The minimum atomic E-state index is -0.696. The van der Waals surface area contributed by atoms with Crippen LogP contribution < -0.4 is 5.32 Å². The fourth-order valence-electron chi connectivity index (χ4n) is 2.73. The Hall–Kier alpha value is -4.19. The first kappa shape index (κ1) is 23.1. The molecule has 0 fully saturated rings. The number of hydrogen-bond acceptors (Lipinski definition) is 7. The molecule has 0 aliphatic heterocycles. The summed E-state index contributed by atoms with van der Waals surface area (Å²) in [5.41, 5.74) is 1.91. The predicted molar refractivity (Wildman–Crippen MR) is 114 cm³/mol. The van der Waals surface area contributed by atoms with E-state index in [1.165, 1.54) is 12.1 Å². The molecule has 0 atom stereocenters. The van der Waals surface area contributed by atoms with Gasteiger partial charge in [-0.05, 0) is 55.3 Å². The lowest BCUT2D eigenvalue weighted by atomic mass is 9.99. The van der Waals surface area contributed by atoms with Gasteiger partial charge in [0, 0.05) is 11.8 Å². The summed E-state index contributed by atoms with van der Waals surface area (Å²) in [6, 6.07) is 13.1. The van der Waals surface area contributed by atoms with Crippen molar-refractivity contribution in [3.63, 3.8) is 0 Å². The highest BCUT2D eigenvalue weighted by molar-refractivity contribution is 5.95. The third-order valence-corrected chi connectivity index (χ3v) is 4.10. The maximum Gasteiger partial charge on any atom is 0.411 e. The molecule has 31 heavy (non-hydrogen) atoms. The van der Waals surface area contributed by atoms with Crippen LogP contribution in [0.15, 0.2) is 48.0 Å². The molecule has 2 aromatic carbocycles. The van der Waals surface area contributed by atoms with Gasteiger partial charge in [0.25, 0.3) is 5.69 Å². The summed E-state index contributed by atoms with van der Waals surface area (Å²) in [6.45, 7) is 3.71. The van der Waals surface area contributed by atoms with Gasteiger partial charge in [0.1, 0.15) is 0 Å². The van der Waals surface area contributed by atoms with Crippen molar-refractivity contribution < 1.29 is 24.0 Å². The molecule has 0 aliphatic rings. The van der Waals surface area contributed by atoms with Gasteiger partial charge in [-0.2, -0.15) is 5.26 Å². The number of rotatable bonds is 8. The van der Waals surface area contributed by atoms with Gasteiger partial charge in [-0.25, -0.2) is 9.59 Å². The van der Waals surface area contributed by atoms with Crippen LogP contribution in [-0.4, -0.2) is 30.2 Å². The number of anilines is 1. The molecule has 0 saturated heterocycles. The number of hydrogen-bond donors (Lipinski definition) is 1. The lowest BCUT2D eigenvalue weighted by Crippen LogP contribution is -2.13. The highest BCUT2D eigenvalue weighted by Gasteiger charge is 2.17. The molecule has 160 valence electrons. The van der Waals surface area contributed by atoms with Crippen molar-refractivity contribution in [2.24, 2.45) is 0 Å². The van der Waals surface area contributed by atoms with Gasteiger partial charge in [0.15, 0.2) is 0 Å². The lowest BCUT2D eigenvalue weighted by Gasteiger charge is -2.08. The van der Waals surface area contributed by atoms with E-state index in [0.29, 0.717) is 11.3 Å². The first-order valence-corrected chi connectivity index (χ1v) is 9.46. The number of nitrogens with one attached hydrogen (secondary N) is 1. The summed E-state index contributed by atoms with van der Waals surface area (Å²) < 4.78 is 9.76. The third kappa shape index (κ3) is 6.40. The van der Waals surface area contributed by atoms with Crippen molar-refractivity contribution in [2.75, 3.05) is 18.5 Å². The van der Waals surface area contributed by atoms with Crippen molar-refractivity contribution in [1.29, 1.82) is 5.26 Å². The number of amides is 1.